The van der Waals surface area contributed by atoms with Gasteiger partial charge in [-0.15, -0.1) is 0 Å². The predicted molar refractivity (Wildman–Crippen MR) is 52.7 cm³/mol. The highest BCUT2D eigenvalue weighted by Gasteiger charge is 2.41. The highest BCUT2D eigenvalue weighted by atomic mass is 79.9. The maximum absolute atomic E-state index is 5.14. The molecule has 0 saturated heterocycles. The summed E-state index contributed by atoms with van der Waals surface area (Å²) in [5.74, 6) is 1.12. The Labute approximate surface area is 84.3 Å². The van der Waals surface area contributed by atoms with Crippen LogP contribution in [0.25, 0.3) is 0 Å². The SMILES string of the molecule is BrCC1(CSc2ncco2)CC1. The summed E-state index contributed by atoms with van der Waals surface area (Å²) in [6, 6.07) is 0. The van der Waals surface area contributed by atoms with E-state index in [0.29, 0.717) is 5.41 Å². The van der Waals surface area contributed by atoms with E-state index in [1.807, 2.05) is 0 Å². The van der Waals surface area contributed by atoms with Crippen molar-refractivity contribution in [3.8, 4) is 0 Å². The van der Waals surface area contributed by atoms with Crippen LogP contribution in [0, 0.1) is 5.41 Å². The topological polar surface area (TPSA) is 26.0 Å². The first-order valence-corrected chi connectivity index (χ1v) is 6.04. The van der Waals surface area contributed by atoms with Gasteiger partial charge in [0.15, 0.2) is 0 Å². The predicted octanol–water partition coefficient (Wildman–Crippen LogP) is 2.94. The minimum Gasteiger partial charge on any atom is -0.440 e. The summed E-state index contributed by atoms with van der Waals surface area (Å²) in [5.41, 5.74) is 0.541. The van der Waals surface area contributed by atoms with E-state index in [2.05, 4.69) is 20.9 Å². The first-order chi connectivity index (χ1) is 5.85. The van der Waals surface area contributed by atoms with Gasteiger partial charge in [-0.2, -0.15) is 0 Å². The van der Waals surface area contributed by atoms with Crippen LogP contribution in [0.1, 0.15) is 12.8 Å². The van der Waals surface area contributed by atoms with Gasteiger partial charge in [-0.25, -0.2) is 4.98 Å². The fraction of sp³-hybridized carbons (Fsp3) is 0.625. The van der Waals surface area contributed by atoms with E-state index < -0.39 is 0 Å². The second-order valence-electron chi connectivity index (χ2n) is 3.22. The molecule has 0 atom stereocenters. The summed E-state index contributed by atoms with van der Waals surface area (Å²) in [5, 5.41) is 1.90. The van der Waals surface area contributed by atoms with E-state index in [4.69, 9.17) is 4.42 Å². The Morgan fingerprint density at radius 3 is 3.00 bits per heavy atom. The van der Waals surface area contributed by atoms with Crippen LogP contribution in [0.15, 0.2) is 22.1 Å². The molecule has 1 saturated carbocycles. The average molecular weight is 248 g/mol. The maximum atomic E-state index is 5.14. The number of nitrogens with zero attached hydrogens (tertiary/aromatic N) is 1. The van der Waals surface area contributed by atoms with Crippen LogP contribution in [0.3, 0.4) is 0 Å². The smallest absolute Gasteiger partial charge is 0.255 e. The van der Waals surface area contributed by atoms with Gasteiger partial charge in [0.05, 0.1) is 6.20 Å². The summed E-state index contributed by atoms with van der Waals surface area (Å²) in [4.78, 5) is 4.06. The molecule has 0 N–H and O–H groups in total. The summed E-state index contributed by atoms with van der Waals surface area (Å²) in [6.45, 7) is 0. The molecular weight excluding hydrogens is 238 g/mol. The number of thioether (sulfide) groups is 1. The number of hydrogen-bond donors (Lipinski definition) is 0. The molecule has 0 unspecified atom stereocenters. The molecule has 0 amide bonds. The van der Waals surface area contributed by atoms with Crippen molar-refractivity contribution >= 4 is 27.7 Å². The third-order valence-electron chi connectivity index (χ3n) is 2.15. The maximum Gasteiger partial charge on any atom is 0.255 e. The van der Waals surface area contributed by atoms with E-state index in [1.54, 1.807) is 24.2 Å². The molecule has 2 rings (SSSR count). The average Bonchev–Trinajstić information content (AvgIpc) is 2.70. The third kappa shape index (κ3) is 1.85. The molecule has 1 aliphatic rings. The lowest BCUT2D eigenvalue weighted by molar-refractivity contribution is 0.453. The zero-order valence-corrected chi connectivity index (χ0v) is 9.03. The summed E-state index contributed by atoms with van der Waals surface area (Å²) >= 11 is 5.25. The quantitative estimate of drug-likeness (QED) is 0.605. The molecule has 0 aromatic carbocycles. The largest absolute Gasteiger partial charge is 0.440 e. The van der Waals surface area contributed by atoms with E-state index in [-0.39, 0.29) is 0 Å². The molecule has 0 aliphatic heterocycles. The van der Waals surface area contributed by atoms with Crippen LogP contribution in [-0.2, 0) is 0 Å². The number of halogens is 1. The molecule has 66 valence electrons. The van der Waals surface area contributed by atoms with Gasteiger partial charge in [0.2, 0.25) is 0 Å². The van der Waals surface area contributed by atoms with Crippen molar-refractivity contribution in [3.63, 3.8) is 0 Å². The Kier molecular flexibility index (Phi) is 2.46. The number of aromatic nitrogens is 1. The second kappa shape index (κ2) is 3.42. The molecule has 2 nitrogen and oxygen atoms in total. The van der Waals surface area contributed by atoms with Crippen molar-refractivity contribution in [2.75, 3.05) is 11.1 Å². The van der Waals surface area contributed by atoms with Crippen molar-refractivity contribution in [3.05, 3.63) is 12.5 Å². The van der Waals surface area contributed by atoms with Crippen molar-refractivity contribution in [2.45, 2.75) is 18.1 Å². The Morgan fingerprint density at radius 1 is 1.67 bits per heavy atom. The fourth-order valence-electron chi connectivity index (χ4n) is 0.990. The molecule has 0 spiro atoms. The van der Waals surface area contributed by atoms with Gasteiger partial charge < -0.3 is 4.42 Å². The lowest BCUT2D eigenvalue weighted by Crippen LogP contribution is -2.04. The van der Waals surface area contributed by atoms with Crippen molar-refractivity contribution in [1.82, 2.24) is 4.98 Å². The van der Waals surface area contributed by atoms with Crippen LogP contribution >= 0.6 is 27.7 Å². The van der Waals surface area contributed by atoms with E-state index >= 15 is 0 Å². The third-order valence-corrected chi connectivity index (χ3v) is 4.55. The summed E-state index contributed by atoms with van der Waals surface area (Å²) < 4.78 is 5.14. The first-order valence-electron chi connectivity index (χ1n) is 3.93. The lowest BCUT2D eigenvalue weighted by atomic mass is 10.2. The number of rotatable bonds is 4. The van der Waals surface area contributed by atoms with Crippen LogP contribution in [-0.4, -0.2) is 16.1 Å². The van der Waals surface area contributed by atoms with Gasteiger partial charge >= 0.3 is 0 Å². The van der Waals surface area contributed by atoms with Gasteiger partial charge in [0.25, 0.3) is 5.22 Å². The molecule has 1 fully saturated rings. The van der Waals surface area contributed by atoms with Gasteiger partial charge in [-0.05, 0) is 18.3 Å². The molecule has 0 radical (unpaired) electrons. The Hall–Kier alpha value is 0.0400. The molecule has 0 bridgehead atoms. The zero-order valence-electron chi connectivity index (χ0n) is 6.62. The highest BCUT2D eigenvalue weighted by Crippen LogP contribution is 2.50. The summed E-state index contributed by atoms with van der Waals surface area (Å²) in [6.07, 6.45) is 5.99. The van der Waals surface area contributed by atoms with Crippen molar-refractivity contribution in [1.29, 1.82) is 0 Å². The number of oxazole rings is 1. The Balaban J connectivity index is 1.83. The van der Waals surface area contributed by atoms with Gasteiger partial charge in [-0.1, -0.05) is 27.7 Å². The monoisotopic (exact) mass is 247 g/mol. The molecular formula is C8H10BrNOS. The van der Waals surface area contributed by atoms with Crippen LogP contribution in [0.2, 0.25) is 0 Å². The van der Waals surface area contributed by atoms with Gasteiger partial charge in [-0.3, -0.25) is 0 Å². The van der Waals surface area contributed by atoms with Crippen LogP contribution in [0.4, 0.5) is 0 Å². The molecule has 1 heterocycles. The second-order valence-corrected chi connectivity index (χ2v) is 4.71. The Morgan fingerprint density at radius 2 is 2.50 bits per heavy atom. The highest BCUT2D eigenvalue weighted by molar-refractivity contribution is 9.09. The number of hydrogen-bond acceptors (Lipinski definition) is 3. The van der Waals surface area contributed by atoms with E-state index in [1.165, 1.54) is 12.8 Å². The minimum absolute atomic E-state index is 0.541. The van der Waals surface area contributed by atoms with E-state index in [0.717, 1.165) is 16.3 Å². The molecule has 1 aliphatic carbocycles. The molecule has 12 heavy (non-hydrogen) atoms. The molecule has 4 heteroatoms. The van der Waals surface area contributed by atoms with E-state index in [9.17, 15) is 0 Å². The van der Waals surface area contributed by atoms with Crippen molar-refractivity contribution in [2.24, 2.45) is 5.41 Å². The normalized spacial score (nSPS) is 19.4. The van der Waals surface area contributed by atoms with Crippen LogP contribution in [0.5, 0.6) is 0 Å². The number of alkyl halides is 1. The minimum atomic E-state index is 0.541. The van der Waals surface area contributed by atoms with Crippen molar-refractivity contribution < 1.29 is 4.42 Å². The van der Waals surface area contributed by atoms with Crippen LogP contribution < -0.4 is 0 Å². The molecule has 1 aromatic heterocycles. The Bertz CT molecular complexity index is 246. The zero-order chi connectivity index (χ0) is 8.44. The standard InChI is InChI=1S/C8H10BrNOS/c9-5-8(1-2-8)6-12-7-10-3-4-11-7/h3-4H,1-2,5-6H2. The fourth-order valence-corrected chi connectivity index (χ4v) is 3.09. The lowest BCUT2D eigenvalue weighted by Gasteiger charge is -2.07. The molecule has 1 aromatic rings. The summed E-state index contributed by atoms with van der Waals surface area (Å²) in [7, 11) is 0. The van der Waals surface area contributed by atoms with Gasteiger partial charge in [0, 0.05) is 11.1 Å². The van der Waals surface area contributed by atoms with Gasteiger partial charge in [0.1, 0.15) is 6.26 Å². The first kappa shape index (κ1) is 8.63.